The smallest absolute Gasteiger partial charge is 0.252 e. The average Bonchev–Trinajstić information content (AvgIpc) is 2.35. The normalized spacial score (nSPS) is 22.7. The predicted octanol–water partition coefficient (Wildman–Crippen LogP) is 0.148. The Bertz CT molecular complexity index is 268. The van der Waals surface area contributed by atoms with Crippen LogP contribution in [0.3, 0.4) is 0 Å². The summed E-state index contributed by atoms with van der Waals surface area (Å²) in [6.07, 6.45) is 2.20. The highest BCUT2D eigenvalue weighted by Crippen LogP contribution is 2.18. The van der Waals surface area contributed by atoms with E-state index in [4.69, 9.17) is 4.74 Å². The topological polar surface area (TPSA) is 58.6 Å². The highest BCUT2D eigenvalue weighted by atomic mass is 16.5. The van der Waals surface area contributed by atoms with Gasteiger partial charge < -0.3 is 15.0 Å². The maximum atomic E-state index is 12.0. The van der Waals surface area contributed by atoms with Crippen molar-refractivity contribution in [2.75, 3.05) is 20.7 Å². The zero-order valence-electron chi connectivity index (χ0n) is 10.2. The third kappa shape index (κ3) is 2.72. The molecular formula is C11H20N2O3. The summed E-state index contributed by atoms with van der Waals surface area (Å²) in [5.41, 5.74) is 0. The van der Waals surface area contributed by atoms with Crippen molar-refractivity contribution < 1.29 is 14.3 Å². The van der Waals surface area contributed by atoms with Crippen LogP contribution in [-0.2, 0) is 14.3 Å². The minimum Gasteiger partial charge on any atom is -0.372 e. The molecule has 1 heterocycles. The third-order valence-electron chi connectivity index (χ3n) is 3.04. The Morgan fingerprint density at radius 1 is 1.44 bits per heavy atom. The van der Waals surface area contributed by atoms with Crippen molar-refractivity contribution in [3.63, 3.8) is 0 Å². The predicted molar refractivity (Wildman–Crippen MR) is 59.9 cm³/mol. The summed E-state index contributed by atoms with van der Waals surface area (Å²) in [6.45, 7) is 2.35. The van der Waals surface area contributed by atoms with Crippen molar-refractivity contribution in [2.45, 2.75) is 38.3 Å². The first-order valence-corrected chi connectivity index (χ1v) is 5.66. The lowest BCUT2D eigenvalue weighted by atomic mass is 10.0. The van der Waals surface area contributed by atoms with E-state index in [1.165, 1.54) is 7.11 Å². The average molecular weight is 228 g/mol. The third-order valence-corrected chi connectivity index (χ3v) is 3.04. The molecule has 1 saturated heterocycles. The van der Waals surface area contributed by atoms with Gasteiger partial charge in [0.15, 0.2) is 0 Å². The highest BCUT2D eigenvalue weighted by molar-refractivity contribution is 5.89. The zero-order valence-corrected chi connectivity index (χ0v) is 10.2. The van der Waals surface area contributed by atoms with Gasteiger partial charge in [0.1, 0.15) is 12.1 Å². The Labute approximate surface area is 96.1 Å². The SMILES string of the molecule is CNC(=O)C1CCCCN1C(=O)C(C)OC. The number of carbonyl (C=O) groups is 2. The second kappa shape index (κ2) is 5.84. The quantitative estimate of drug-likeness (QED) is 0.748. The number of rotatable bonds is 3. The van der Waals surface area contributed by atoms with Crippen molar-refractivity contribution in [3.05, 3.63) is 0 Å². The van der Waals surface area contributed by atoms with Crippen molar-refractivity contribution in [2.24, 2.45) is 0 Å². The van der Waals surface area contributed by atoms with Crippen LogP contribution in [0.4, 0.5) is 0 Å². The van der Waals surface area contributed by atoms with Crippen LogP contribution in [0.25, 0.3) is 0 Å². The van der Waals surface area contributed by atoms with Crippen LogP contribution < -0.4 is 5.32 Å². The Morgan fingerprint density at radius 3 is 2.69 bits per heavy atom. The molecule has 5 heteroatoms. The van der Waals surface area contributed by atoms with Crippen LogP contribution in [0.5, 0.6) is 0 Å². The molecule has 0 spiro atoms. The van der Waals surface area contributed by atoms with Gasteiger partial charge in [-0.05, 0) is 26.2 Å². The number of hydrogen-bond acceptors (Lipinski definition) is 3. The van der Waals surface area contributed by atoms with E-state index in [1.54, 1.807) is 18.9 Å². The molecule has 0 radical (unpaired) electrons. The molecule has 0 aromatic rings. The molecule has 92 valence electrons. The summed E-state index contributed by atoms with van der Waals surface area (Å²) in [5.74, 6) is -0.188. The number of methoxy groups -OCH3 is 1. The van der Waals surface area contributed by atoms with Gasteiger partial charge >= 0.3 is 0 Å². The second-order valence-electron chi connectivity index (χ2n) is 4.04. The van der Waals surface area contributed by atoms with Crippen molar-refractivity contribution >= 4 is 11.8 Å². The molecule has 2 amide bonds. The fraction of sp³-hybridized carbons (Fsp3) is 0.818. The van der Waals surface area contributed by atoms with Crippen molar-refractivity contribution in [1.82, 2.24) is 10.2 Å². The van der Waals surface area contributed by atoms with Crippen LogP contribution in [0, 0.1) is 0 Å². The molecule has 0 aromatic heterocycles. The molecule has 2 atom stereocenters. The monoisotopic (exact) mass is 228 g/mol. The van der Waals surface area contributed by atoms with E-state index in [0.717, 1.165) is 19.3 Å². The first kappa shape index (κ1) is 13.0. The van der Waals surface area contributed by atoms with Gasteiger partial charge in [0.05, 0.1) is 0 Å². The molecule has 0 bridgehead atoms. The van der Waals surface area contributed by atoms with Gasteiger partial charge in [-0.15, -0.1) is 0 Å². The Balaban J connectivity index is 2.73. The Hall–Kier alpha value is -1.10. The number of likely N-dealkylation sites (N-methyl/N-ethyl adjacent to an activating group) is 1. The number of nitrogens with zero attached hydrogens (tertiary/aromatic N) is 1. The number of nitrogens with one attached hydrogen (secondary N) is 1. The molecule has 0 aliphatic carbocycles. The molecule has 1 aliphatic rings. The van der Waals surface area contributed by atoms with Gasteiger partial charge in [0.25, 0.3) is 5.91 Å². The summed E-state index contributed by atoms with van der Waals surface area (Å²) in [7, 11) is 3.10. The highest BCUT2D eigenvalue weighted by Gasteiger charge is 2.33. The summed E-state index contributed by atoms with van der Waals surface area (Å²) in [4.78, 5) is 25.3. The molecule has 1 aliphatic heterocycles. The van der Waals surface area contributed by atoms with E-state index < -0.39 is 6.10 Å². The molecule has 1 rings (SSSR count). The lowest BCUT2D eigenvalue weighted by Crippen LogP contribution is -2.53. The fourth-order valence-corrected chi connectivity index (χ4v) is 1.97. The van der Waals surface area contributed by atoms with E-state index in [2.05, 4.69) is 5.32 Å². The molecule has 1 N–H and O–H groups in total. The van der Waals surface area contributed by atoms with Gasteiger partial charge in [-0.2, -0.15) is 0 Å². The van der Waals surface area contributed by atoms with Gasteiger partial charge in [-0.3, -0.25) is 9.59 Å². The number of ether oxygens (including phenoxy) is 1. The van der Waals surface area contributed by atoms with Crippen LogP contribution in [0.1, 0.15) is 26.2 Å². The molecule has 16 heavy (non-hydrogen) atoms. The van der Waals surface area contributed by atoms with Crippen LogP contribution in [0.15, 0.2) is 0 Å². The minimum absolute atomic E-state index is 0.0867. The summed E-state index contributed by atoms with van der Waals surface area (Å²) >= 11 is 0. The molecule has 0 aromatic carbocycles. The summed E-state index contributed by atoms with van der Waals surface area (Å²) < 4.78 is 5.00. The second-order valence-corrected chi connectivity index (χ2v) is 4.04. The van der Waals surface area contributed by atoms with Gasteiger partial charge in [-0.25, -0.2) is 0 Å². The standard InChI is InChI=1S/C11H20N2O3/c1-8(16-3)11(15)13-7-5-4-6-9(13)10(14)12-2/h8-9H,4-7H2,1-3H3,(H,12,14). The van der Waals surface area contributed by atoms with E-state index in [1.807, 2.05) is 0 Å². The molecule has 2 unspecified atom stereocenters. The minimum atomic E-state index is -0.481. The number of likely N-dealkylation sites (tertiary alicyclic amines) is 1. The number of amides is 2. The maximum absolute atomic E-state index is 12.0. The number of piperidine rings is 1. The van der Waals surface area contributed by atoms with Gasteiger partial charge in [0, 0.05) is 20.7 Å². The first-order valence-electron chi connectivity index (χ1n) is 5.66. The zero-order chi connectivity index (χ0) is 12.1. The Morgan fingerprint density at radius 2 is 2.12 bits per heavy atom. The molecule has 0 saturated carbocycles. The van der Waals surface area contributed by atoms with Gasteiger partial charge in [0.2, 0.25) is 5.91 Å². The van der Waals surface area contributed by atoms with Gasteiger partial charge in [-0.1, -0.05) is 0 Å². The number of carbonyl (C=O) groups excluding carboxylic acids is 2. The molecule has 5 nitrogen and oxygen atoms in total. The lowest BCUT2D eigenvalue weighted by molar-refractivity contribution is -0.149. The summed E-state index contributed by atoms with van der Waals surface area (Å²) in [5, 5.41) is 2.60. The summed E-state index contributed by atoms with van der Waals surface area (Å²) in [6, 6.07) is -0.330. The molecule has 1 fully saturated rings. The first-order chi connectivity index (χ1) is 7.61. The van der Waals surface area contributed by atoms with Crippen LogP contribution in [-0.4, -0.2) is 49.6 Å². The molecular weight excluding hydrogens is 208 g/mol. The van der Waals surface area contributed by atoms with E-state index in [9.17, 15) is 9.59 Å². The van der Waals surface area contributed by atoms with Crippen molar-refractivity contribution in [1.29, 1.82) is 0 Å². The largest absolute Gasteiger partial charge is 0.372 e. The van der Waals surface area contributed by atoms with Crippen LogP contribution >= 0.6 is 0 Å². The lowest BCUT2D eigenvalue weighted by Gasteiger charge is -2.35. The van der Waals surface area contributed by atoms with Crippen molar-refractivity contribution in [3.8, 4) is 0 Å². The maximum Gasteiger partial charge on any atom is 0.252 e. The number of hydrogen-bond donors (Lipinski definition) is 1. The van der Waals surface area contributed by atoms with E-state index >= 15 is 0 Å². The fourth-order valence-electron chi connectivity index (χ4n) is 1.97. The van der Waals surface area contributed by atoms with Crippen LogP contribution in [0.2, 0.25) is 0 Å². The Kier molecular flexibility index (Phi) is 4.73. The van der Waals surface area contributed by atoms with E-state index in [-0.39, 0.29) is 17.9 Å². The van der Waals surface area contributed by atoms with E-state index in [0.29, 0.717) is 6.54 Å².